The zero-order valence-corrected chi connectivity index (χ0v) is 19.7. The van der Waals surface area contributed by atoms with Crippen LogP contribution < -0.4 is 0 Å². The van der Waals surface area contributed by atoms with E-state index in [1.807, 2.05) is 0 Å². The van der Waals surface area contributed by atoms with Crippen LogP contribution in [0.25, 0.3) is 75.8 Å². The lowest BCUT2D eigenvalue weighted by atomic mass is 9.92. The third-order valence-corrected chi connectivity index (χ3v) is 7.79. The van der Waals surface area contributed by atoms with Crippen molar-refractivity contribution in [2.75, 3.05) is 0 Å². The van der Waals surface area contributed by atoms with E-state index in [9.17, 15) is 0 Å². The third kappa shape index (κ3) is 2.82. The minimum Gasteiger partial charge on any atom is -0.0616 e. The average molecular weight is 455 g/mol. The Balaban J connectivity index is 1.44. The lowest BCUT2D eigenvalue weighted by Gasteiger charge is -2.12. The molecular formula is C36H22. The molecule has 0 atom stereocenters. The second-order valence-corrected chi connectivity index (χ2v) is 9.77. The zero-order chi connectivity index (χ0) is 23.6. The summed E-state index contributed by atoms with van der Waals surface area (Å²) in [5, 5.41) is 15.6. The summed E-state index contributed by atoms with van der Waals surface area (Å²) >= 11 is 0. The first-order valence-corrected chi connectivity index (χ1v) is 12.5. The summed E-state index contributed by atoms with van der Waals surface area (Å²) in [6.07, 6.45) is 0. The molecule has 0 spiro atoms. The van der Waals surface area contributed by atoms with Crippen LogP contribution in [-0.2, 0) is 0 Å². The molecule has 0 heterocycles. The van der Waals surface area contributed by atoms with Crippen LogP contribution in [0.1, 0.15) is 0 Å². The second kappa shape index (κ2) is 7.41. The molecule has 8 aromatic carbocycles. The first-order chi connectivity index (χ1) is 17.8. The van der Waals surface area contributed by atoms with Gasteiger partial charge in [0.25, 0.3) is 0 Å². The van der Waals surface area contributed by atoms with Gasteiger partial charge < -0.3 is 0 Å². The van der Waals surface area contributed by atoms with Gasteiger partial charge in [-0.15, -0.1) is 0 Å². The fourth-order valence-electron chi connectivity index (χ4n) is 6.01. The number of hydrogen-bond acceptors (Lipinski definition) is 0. The highest BCUT2D eigenvalue weighted by Gasteiger charge is 2.10. The van der Waals surface area contributed by atoms with Gasteiger partial charge in [0.05, 0.1) is 0 Å². The highest BCUT2D eigenvalue weighted by atomic mass is 14.1. The van der Waals surface area contributed by atoms with Gasteiger partial charge in [0, 0.05) is 0 Å². The van der Waals surface area contributed by atoms with Gasteiger partial charge in [-0.1, -0.05) is 121 Å². The van der Waals surface area contributed by atoms with E-state index in [2.05, 4.69) is 133 Å². The van der Waals surface area contributed by atoms with Gasteiger partial charge in [-0.05, 0) is 87.9 Å². The van der Waals surface area contributed by atoms with Crippen molar-refractivity contribution in [3.63, 3.8) is 0 Å². The van der Waals surface area contributed by atoms with E-state index in [-0.39, 0.29) is 0 Å². The van der Waals surface area contributed by atoms with Crippen molar-refractivity contribution < 1.29 is 0 Å². The van der Waals surface area contributed by atoms with Crippen molar-refractivity contribution >= 4 is 64.6 Å². The second-order valence-electron chi connectivity index (χ2n) is 9.77. The average Bonchev–Trinajstić information content (AvgIpc) is 2.95. The first-order valence-electron chi connectivity index (χ1n) is 12.5. The quantitative estimate of drug-likeness (QED) is 0.216. The van der Waals surface area contributed by atoms with Crippen LogP contribution in [0.15, 0.2) is 133 Å². The predicted octanol–water partition coefficient (Wildman–Crippen LogP) is 10.3. The molecule has 0 aliphatic rings. The van der Waals surface area contributed by atoms with Crippen molar-refractivity contribution in [2.24, 2.45) is 0 Å². The van der Waals surface area contributed by atoms with Crippen LogP contribution in [0.3, 0.4) is 0 Å². The highest BCUT2D eigenvalue weighted by molar-refractivity contribution is 6.22. The minimum absolute atomic E-state index is 1.25. The molecule has 0 aromatic heterocycles. The normalized spacial score (nSPS) is 11.9. The van der Waals surface area contributed by atoms with Crippen molar-refractivity contribution in [3.05, 3.63) is 133 Å². The molecule has 36 heavy (non-hydrogen) atoms. The van der Waals surface area contributed by atoms with Crippen LogP contribution in [-0.4, -0.2) is 0 Å². The minimum atomic E-state index is 1.25. The van der Waals surface area contributed by atoms with Gasteiger partial charge in [0.2, 0.25) is 0 Å². The Labute approximate surface area is 209 Å². The van der Waals surface area contributed by atoms with E-state index in [1.54, 1.807) is 0 Å². The number of fused-ring (bicyclic) bond motifs is 10. The smallest absolute Gasteiger partial charge is 0.00266 e. The molecule has 0 heteroatoms. The van der Waals surface area contributed by atoms with Gasteiger partial charge >= 0.3 is 0 Å². The standard InChI is InChI=1S/C36H22/c1-3-7-31-23(5-1)9-15-27-17-11-25-13-19-29(21-33(25)35(27)31)30-20-14-26-12-18-28-16-10-24-6-2-4-8-32(24)36(28)34(26)22-30/h1-22H. The Morgan fingerprint density at radius 1 is 0.250 bits per heavy atom. The fourth-order valence-corrected chi connectivity index (χ4v) is 6.01. The van der Waals surface area contributed by atoms with E-state index in [4.69, 9.17) is 0 Å². The molecule has 0 saturated heterocycles. The van der Waals surface area contributed by atoms with E-state index < -0.39 is 0 Å². The maximum Gasteiger partial charge on any atom is -0.00266 e. The Kier molecular flexibility index (Phi) is 4.03. The molecule has 0 saturated carbocycles. The molecule has 0 radical (unpaired) electrons. The van der Waals surface area contributed by atoms with Crippen molar-refractivity contribution in [2.45, 2.75) is 0 Å². The third-order valence-electron chi connectivity index (χ3n) is 7.79. The molecule has 0 bridgehead atoms. The molecule has 0 amide bonds. The van der Waals surface area contributed by atoms with Crippen LogP contribution in [0.5, 0.6) is 0 Å². The van der Waals surface area contributed by atoms with Crippen molar-refractivity contribution in [3.8, 4) is 11.1 Å². The summed E-state index contributed by atoms with van der Waals surface area (Å²) < 4.78 is 0. The molecule has 0 fully saturated rings. The molecule has 0 N–H and O–H groups in total. The fraction of sp³-hybridized carbons (Fsp3) is 0. The molecule has 8 rings (SSSR count). The molecular weight excluding hydrogens is 432 g/mol. The van der Waals surface area contributed by atoms with E-state index >= 15 is 0 Å². The van der Waals surface area contributed by atoms with Gasteiger partial charge in [-0.2, -0.15) is 0 Å². The maximum atomic E-state index is 2.38. The lowest BCUT2D eigenvalue weighted by molar-refractivity contribution is 1.69. The molecule has 166 valence electrons. The van der Waals surface area contributed by atoms with Crippen molar-refractivity contribution in [1.82, 2.24) is 0 Å². The largest absolute Gasteiger partial charge is 0.0616 e. The van der Waals surface area contributed by atoms with Gasteiger partial charge in [0.1, 0.15) is 0 Å². The Hall–Kier alpha value is -4.68. The summed E-state index contributed by atoms with van der Waals surface area (Å²) in [4.78, 5) is 0. The lowest BCUT2D eigenvalue weighted by Crippen LogP contribution is -1.85. The van der Waals surface area contributed by atoms with Gasteiger partial charge in [0.15, 0.2) is 0 Å². The Morgan fingerprint density at radius 3 is 1.03 bits per heavy atom. The topological polar surface area (TPSA) is 0 Å². The monoisotopic (exact) mass is 454 g/mol. The molecule has 0 unspecified atom stereocenters. The highest BCUT2D eigenvalue weighted by Crippen LogP contribution is 2.37. The van der Waals surface area contributed by atoms with Gasteiger partial charge in [-0.25, -0.2) is 0 Å². The zero-order valence-electron chi connectivity index (χ0n) is 19.7. The van der Waals surface area contributed by atoms with E-state index in [1.165, 1.54) is 75.8 Å². The maximum absolute atomic E-state index is 2.38. The summed E-state index contributed by atoms with van der Waals surface area (Å²) in [6, 6.07) is 49.2. The Bertz CT molecular complexity index is 1980. The van der Waals surface area contributed by atoms with E-state index in [0.717, 1.165) is 0 Å². The van der Waals surface area contributed by atoms with Crippen LogP contribution in [0.2, 0.25) is 0 Å². The van der Waals surface area contributed by atoms with Crippen LogP contribution in [0.4, 0.5) is 0 Å². The summed E-state index contributed by atoms with van der Waals surface area (Å²) in [5.41, 5.74) is 2.50. The number of benzene rings is 8. The number of rotatable bonds is 1. The predicted molar refractivity (Wildman–Crippen MR) is 157 cm³/mol. The van der Waals surface area contributed by atoms with E-state index in [0.29, 0.717) is 0 Å². The molecule has 0 aliphatic carbocycles. The van der Waals surface area contributed by atoms with Gasteiger partial charge in [-0.3, -0.25) is 0 Å². The SMILES string of the molecule is c1ccc2c(c1)ccc1ccc3ccc(-c4ccc5ccc6ccc7ccccc7c6c5c4)cc3c12. The Morgan fingerprint density at radius 2 is 0.583 bits per heavy atom. The molecule has 8 aromatic rings. The molecule has 0 aliphatic heterocycles. The van der Waals surface area contributed by atoms with Crippen molar-refractivity contribution in [1.29, 1.82) is 0 Å². The molecule has 0 nitrogen and oxygen atoms in total. The summed E-state index contributed by atoms with van der Waals surface area (Å²) in [7, 11) is 0. The first kappa shape index (κ1) is 19.6. The van der Waals surface area contributed by atoms with Crippen LogP contribution in [0, 0.1) is 0 Å². The summed E-state index contributed by atoms with van der Waals surface area (Å²) in [5.74, 6) is 0. The summed E-state index contributed by atoms with van der Waals surface area (Å²) in [6.45, 7) is 0. The van der Waals surface area contributed by atoms with Crippen LogP contribution >= 0.6 is 0 Å². The number of hydrogen-bond donors (Lipinski definition) is 0.